The van der Waals surface area contributed by atoms with E-state index >= 15 is 0 Å². The summed E-state index contributed by atoms with van der Waals surface area (Å²) in [5.41, 5.74) is 3.72. The van der Waals surface area contributed by atoms with Crippen LogP contribution in [-0.2, 0) is 12.8 Å². The number of ether oxygens (including phenoxy) is 1. The number of aryl methyl sites for hydroxylation is 2. The Labute approximate surface area is 136 Å². The Morgan fingerprint density at radius 2 is 1.87 bits per heavy atom. The van der Waals surface area contributed by atoms with Gasteiger partial charge in [-0.3, -0.25) is 0 Å². The van der Waals surface area contributed by atoms with E-state index in [1.54, 1.807) is 12.1 Å². The predicted molar refractivity (Wildman–Crippen MR) is 88.0 cm³/mol. The molecule has 0 heterocycles. The van der Waals surface area contributed by atoms with Crippen LogP contribution in [0.1, 0.15) is 41.9 Å². The second kappa shape index (κ2) is 7.28. The fourth-order valence-electron chi connectivity index (χ4n) is 3.12. The summed E-state index contributed by atoms with van der Waals surface area (Å²) in [5, 5.41) is 9.29. The number of hydrogen-bond donors (Lipinski definition) is 0. The summed E-state index contributed by atoms with van der Waals surface area (Å²) in [7, 11) is 0. The van der Waals surface area contributed by atoms with E-state index in [0.29, 0.717) is 13.0 Å². The van der Waals surface area contributed by atoms with Crippen molar-refractivity contribution in [1.82, 2.24) is 0 Å². The summed E-state index contributed by atoms with van der Waals surface area (Å²) >= 11 is 0. The van der Waals surface area contributed by atoms with E-state index in [9.17, 15) is 9.65 Å². The van der Waals surface area contributed by atoms with E-state index in [0.717, 1.165) is 24.2 Å². The molecule has 118 valence electrons. The van der Waals surface area contributed by atoms with Crippen molar-refractivity contribution in [2.75, 3.05) is 6.61 Å². The molecule has 1 unspecified atom stereocenters. The molecule has 2 aromatic rings. The number of benzene rings is 2. The molecule has 1 atom stereocenters. The molecule has 0 fully saturated rings. The molecular weight excluding hydrogens is 289 g/mol. The van der Waals surface area contributed by atoms with Gasteiger partial charge in [0.25, 0.3) is 0 Å². The van der Waals surface area contributed by atoms with Gasteiger partial charge >= 0.3 is 0 Å². The number of fused-ring (bicyclic) bond motifs is 1. The molecular formula is C20H20FNO. The van der Waals surface area contributed by atoms with Crippen molar-refractivity contribution in [3.63, 3.8) is 0 Å². The van der Waals surface area contributed by atoms with Crippen LogP contribution in [0.4, 0.5) is 4.39 Å². The van der Waals surface area contributed by atoms with Crippen LogP contribution >= 0.6 is 0 Å². The highest BCUT2D eigenvalue weighted by molar-refractivity contribution is 5.38. The Bertz CT molecular complexity index is 703. The van der Waals surface area contributed by atoms with Gasteiger partial charge in [0.15, 0.2) is 0 Å². The minimum atomic E-state index is -0.273. The Balaban J connectivity index is 1.49. The van der Waals surface area contributed by atoms with Crippen molar-refractivity contribution >= 4 is 0 Å². The van der Waals surface area contributed by atoms with Gasteiger partial charge in [-0.1, -0.05) is 18.2 Å². The van der Waals surface area contributed by atoms with Crippen molar-refractivity contribution in [3.05, 3.63) is 65.0 Å². The summed E-state index contributed by atoms with van der Waals surface area (Å²) < 4.78 is 18.8. The minimum Gasteiger partial charge on any atom is -0.494 e. The lowest BCUT2D eigenvalue weighted by Gasteiger charge is -2.11. The molecule has 1 aliphatic rings. The normalized spacial score (nSPS) is 14.1. The third-order valence-corrected chi connectivity index (χ3v) is 4.40. The SMILES string of the molecule is N#CC(CCCOc1ccc2c(c1)CCC2)c1ccc(F)cc1. The molecule has 0 bridgehead atoms. The van der Waals surface area contributed by atoms with Crippen molar-refractivity contribution < 1.29 is 9.13 Å². The van der Waals surface area contributed by atoms with Gasteiger partial charge < -0.3 is 4.74 Å². The number of rotatable bonds is 6. The second-order valence-electron chi connectivity index (χ2n) is 6.01. The Kier molecular flexibility index (Phi) is 4.92. The molecule has 0 spiro atoms. The maximum absolute atomic E-state index is 12.9. The van der Waals surface area contributed by atoms with E-state index < -0.39 is 0 Å². The average molecular weight is 309 g/mol. The Morgan fingerprint density at radius 3 is 2.65 bits per heavy atom. The van der Waals surface area contributed by atoms with E-state index in [-0.39, 0.29) is 11.7 Å². The predicted octanol–water partition coefficient (Wildman–Crippen LogP) is 4.78. The van der Waals surface area contributed by atoms with Gasteiger partial charge in [0, 0.05) is 0 Å². The van der Waals surface area contributed by atoms with Crippen LogP contribution < -0.4 is 4.74 Å². The highest BCUT2D eigenvalue weighted by atomic mass is 19.1. The van der Waals surface area contributed by atoms with E-state index in [1.807, 2.05) is 6.07 Å². The topological polar surface area (TPSA) is 33.0 Å². The van der Waals surface area contributed by atoms with Crippen LogP contribution in [0, 0.1) is 17.1 Å². The molecule has 0 N–H and O–H groups in total. The summed E-state index contributed by atoms with van der Waals surface area (Å²) in [5.74, 6) is 0.436. The van der Waals surface area contributed by atoms with Gasteiger partial charge in [-0.15, -0.1) is 0 Å². The monoisotopic (exact) mass is 309 g/mol. The highest BCUT2D eigenvalue weighted by Gasteiger charge is 2.12. The third-order valence-electron chi connectivity index (χ3n) is 4.40. The molecule has 23 heavy (non-hydrogen) atoms. The molecule has 0 radical (unpaired) electrons. The molecule has 0 aliphatic heterocycles. The fraction of sp³-hybridized carbons (Fsp3) is 0.350. The number of halogens is 1. The van der Waals surface area contributed by atoms with Crippen LogP contribution in [0.3, 0.4) is 0 Å². The van der Waals surface area contributed by atoms with Crippen molar-refractivity contribution in [2.45, 2.75) is 38.0 Å². The molecule has 1 aliphatic carbocycles. The lowest BCUT2D eigenvalue weighted by molar-refractivity contribution is 0.304. The smallest absolute Gasteiger partial charge is 0.123 e. The average Bonchev–Trinajstić information content (AvgIpc) is 3.04. The first-order valence-corrected chi connectivity index (χ1v) is 8.16. The molecule has 2 nitrogen and oxygen atoms in total. The largest absolute Gasteiger partial charge is 0.494 e. The molecule has 0 aromatic heterocycles. The van der Waals surface area contributed by atoms with Crippen molar-refractivity contribution in [3.8, 4) is 11.8 Å². The lowest BCUT2D eigenvalue weighted by atomic mass is 9.96. The number of nitrogens with zero attached hydrogens (tertiary/aromatic N) is 1. The van der Waals surface area contributed by atoms with Crippen molar-refractivity contribution in [1.29, 1.82) is 5.26 Å². The van der Waals surface area contributed by atoms with E-state index in [4.69, 9.17) is 4.74 Å². The van der Waals surface area contributed by atoms with Crippen LogP contribution in [0.25, 0.3) is 0 Å². The zero-order valence-electron chi connectivity index (χ0n) is 13.1. The standard InChI is InChI=1S/C20H20FNO/c21-19-9-6-16(7-10-19)18(14-22)5-2-12-23-20-11-8-15-3-1-4-17(15)13-20/h6-11,13,18H,1-5,12H2. The van der Waals surface area contributed by atoms with Crippen LogP contribution in [0.15, 0.2) is 42.5 Å². The summed E-state index contributed by atoms with van der Waals surface area (Å²) in [6.07, 6.45) is 5.07. The molecule has 3 heteroatoms. The molecule has 2 aromatic carbocycles. The molecule has 0 saturated carbocycles. The van der Waals surface area contributed by atoms with Crippen LogP contribution in [0.5, 0.6) is 5.75 Å². The minimum absolute atomic E-state index is 0.209. The van der Waals surface area contributed by atoms with E-state index in [1.165, 1.54) is 36.1 Å². The molecule has 0 saturated heterocycles. The Morgan fingerprint density at radius 1 is 1.09 bits per heavy atom. The van der Waals surface area contributed by atoms with Gasteiger partial charge in [0.1, 0.15) is 11.6 Å². The first-order valence-electron chi connectivity index (χ1n) is 8.16. The van der Waals surface area contributed by atoms with Gasteiger partial charge in [-0.25, -0.2) is 4.39 Å². The maximum Gasteiger partial charge on any atom is 0.123 e. The quantitative estimate of drug-likeness (QED) is 0.719. The summed E-state index contributed by atoms with van der Waals surface area (Å²) in [6, 6.07) is 14.8. The van der Waals surface area contributed by atoms with Gasteiger partial charge in [-0.2, -0.15) is 5.26 Å². The zero-order chi connectivity index (χ0) is 16.1. The number of nitriles is 1. The highest BCUT2D eigenvalue weighted by Crippen LogP contribution is 2.26. The Hall–Kier alpha value is -2.34. The summed E-state index contributed by atoms with van der Waals surface area (Å²) in [4.78, 5) is 0. The second-order valence-corrected chi connectivity index (χ2v) is 6.01. The van der Waals surface area contributed by atoms with Gasteiger partial charge in [-0.05, 0) is 73.1 Å². The van der Waals surface area contributed by atoms with Gasteiger partial charge in [0.2, 0.25) is 0 Å². The molecule has 3 rings (SSSR count). The van der Waals surface area contributed by atoms with Crippen LogP contribution in [-0.4, -0.2) is 6.61 Å². The first kappa shape index (κ1) is 15.6. The number of hydrogen-bond acceptors (Lipinski definition) is 2. The summed E-state index contributed by atoms with van der Waals surface area (Å²) in [6.45, 7) is 0.595. The lowest BCUT2D eigenvalue weighted by Crippen LogP contribution is -2.02. The molecule has 0 amide bonds. The maximum atomic E-state index is 12.9. The van der Waals surface area contributed by atoms with E-state index in [2.05, 4.69) is 18.2 Å². The van der Waals surface area contributed by atoms with Crippen molar-refractivity contribution in [2.24, 2.45) is 0 Å². The van der Waals surface area contributed by atoms with Crippen LogP contribution in [0.2, 0.25) is 0 Å². The first-order chi connectivity index (χ1) is 11.3. The third kappa shape index (κ3) is 3.90. The van der Waals surface area contributed by atoms with Gasteiger partial charge in [0.05, 0.1) is 18.6 Å². The fourth-order valence-corrected chi connectivity index (χ4v) is 3.12. The zero-order valence-corrected chi connectivity index (χ0v) is 13.1.